The van der Waals surface area contributed by atoms with Crippen LogP contribution in [-0.2, 0) is 5.41 Å². The summed E-state index contributed by atoms with van der Waals surface area (Å²) < 4.78 is 2.12. The van der Waals surface area contributed by atoms with Gasteiger partial charge >= 0.3 is 0 Å². The molecule has 7 aromatic rings. The highest BCUT2D eigenvalue weighted by Crippen LogP contribution is 2.63. The fraction of sp³-hybridized carbons (Fsp3) is 0.0250. The van der Waals surface area contributed by atoms with Gasteiger partial charge in [0.05, 0.1) is 5.41 Å². The smallest absolute Gasteiger partial charge is 0.164 e. The molecule has 0 saturated carbocycles. The molecule has 212 valence electrons. The van der Waals surface area contributed by atoms with Gasteiger partial charge in [0, 0.05) is 25.6 Å². The molecular formula is C40H23Br2N3. The molecule has 0 saturated heterocycles. The van der Waals surface area contributed by atoms with Gasteiger partial charge in [-0.2, -0.15) is 0 Å². The molecule has 9 rings (SSSR count). The van der Waals surface area contributed by atoms with Gasteiger partial charge in [-0.3, -0.25) is 0 Å². The fourth-order valence-corrected chi connectivity index (χ4v) is 7.93. The van der Waals surface area contributed by atoms with E-state index in [9.17, 15) is 0 Å². The van der Waals surface area contributed by atoms with E-state index in [-0.39, 0.29) is 0 Å². The number of aromatic nitrogens is 3. The van der Waals surface area contributed by atoms with E-state index < -0.39 is 5.41 Å². The fourth-order valence-electron chi connectivity index (χ4n) is 7.20. The van der Waals surface area contributed by atoms with Crippen LogP contribution in [0.25, 0.3) is 56.4 Å². The molecule has 6 aromatic carbocycles. The lowest BCUT2D eigenvalue weighted by molar-refractivity contribution is 0.792. The molecular weight excluding hydrogens is 682 g/mol. The number of benzene rings is 6. The molecule has 3 nitrogen and oxygen atoms in total. The first-order chi connectivity index (χ1) is 22.1. The van der Waals surface area contributed by atoms with Gasteiger partial charge in [-0.05, 0) is 74.8 Å². The lowest BCUT2D eigenvalue weighted by Gasteiger charge is -2.31. The Morgan fingerprint density at radius 2 is 0.778 bits per heavy atom. The van der Waals surface area contributed by atoms with Crippen molar-refractivity contribution in [1.29, 1.82) is 0 Å². The van der Waals surface area contributed by atoms with E-state index in [0.29, 0.717) is 17.5 Å². The van der Waals surface area contributed by atoms with E-state index >= 15 is 0 Å². The van der Waals surface area contributed by atoms with Crippen LogP contribution in [0.15, 0.2) is 148 Å². The number of hydrogen-bond acceptors (Lipinski definition) is 3. The summed E-state index contributed by atoms with van der Waals surface area (Å²) in [5.41, 5.74) is 12.5. The van der Waals surface area contributed by atoms with Crippen LogP contribution < -0.4 is 0 Å². The Hall–Kier alpha value is -4.71. The quantitative estimate of drug-likeness (QED) is 0.184. The highest BCUT2D eigenvalue weighted by Gasteiger charge is 2.52. The zero-order chi connectivity index (χ0) is 30.1. The zero-order valence-corrected chi connectivity index (χ0v) is 27.0. The Morgan fingerprint density at radius 3 is 1.33 bits per heavy atom. The Balaban J connectivity index is 1.34. The average Bonchev–Trinajstić information content (AvgIpc) is 3.54. The molecule has 45 heavy (non-hydrogen) atoms. The largest absolute Gasteiger partial charge is 0.208 e. The summed E-state index contributed by atoms with van der Waals surface area (Å²) >= 11 is 7.62. The van der Waals surface area contributed by atoms with Gasteiger partial charge in [-0.1, -0.05) is 141 Å². The summed E-state index contributed by atoms with van der Waals surface area (Å²) in [4.78, 5) is 15.1. The monoisotopic (exact) mass is 703 g/mol. The first-order valence-corrected chi connectivity index (χ1v) is 16.4. The van der Waals surface area contributed by atoms with Gasteiger partial charge in [-0.15, -0.1) is 0 Å². The van der Waals surface area contributed by atoms with Gasteiger partial charge in [0.15, 0.2) is 17.5 Å². The van der Waals surface area contributed by atoms with Crippen LogP contribution in [0.4, 0.5) is 0 Å². The van der Waals surface area contributed by atoms with Crippen LogP contribution in [0.2, 0.25) is 0 Å². The molecule has 2 aliphatic carbocycles. The molecule has 1 spiro atoms. The second-order valence-electron chi connectivity index (χ2n) is 11.5. The second-order valence-corrected chi connectivity index (χ2v) is 13.3. The predicted molar refractivity (Wildman–Crippen MR) is 188 cm³/mol. The van der Waals surface area contributed by atoms with Crippen molar-refractivity contribution in [3.8, 4) is 56.4 Å². The molecule has 0 amide bonds. The summed E-state index contributed by atoms with van der Waals surface area (Å²) in [5, 5.41) is 0. The second kappa shape index (κ2) is 10.2. The molecule has 2 aliphatic rings. The molecule has 0 fully saturated rings. The summed E-state index contributed by atoms with van der Waals surface area (Å²) in [6, 6.07) is 49.2. The van der Waals surface area contributed by atoms with Crippen molar-refractivity contribution in [3.05, 3.63) is 171 Å². The van der Waals surface area contributed by atoms with Crippen molar-refractivity contribution in [1.82, 2.24) is 15.0 Å². The molecule has 0 aliphatic heterocycles. The maximum Gasteiger partial charge on any atom is 0.164 e. The predicted octanol–water partition coefficient (Wildman–Crippen LogP) is 10.7. The number of nitrogens with zero attached hydrogens (tertiary/aromatic N) is 3. The summed E-state index contributed by atoms with van der Waals surface area (Å²) in [6.45, 7) is 0. The molecule has 0 bridgehead atoms. The molecule has 5 heteroatoms. The first kappa shape index (κ1) is 26.7. The van der Waals surface area contributed by atoms with Gasteiger partial charge in [-0.25, -0.2) is 15.0 Å². The van der Waals surface area contributed by atoms with E-state index in [2.05, 4.69) is 111 Å². The van der Waals surface area contributed by atoms with E-state index in [1.54, 1.807) is 0 Å². The van der Waals surface area contributed by atoms with E-state index in [4.69, 9.17) is 15.0 Å². The minimum atomic E-state index is -0.488. The van der Waals surface area contributed by atoms with Gasteiger partial charge in [0.1, 0.15) is 0 Å². The van der Waals surface area contributed by atoms with Gasteiger partial charge < -0.3 is 0 Å². The lowest BCUT2D eigenvalue weighted by Crippen LogP contribution is -2.26. The average molecular weight is 705 g/mol. The maximum atomic E-state index is 5.07. The van der Waals surface area contributed by atoms with Crippen LogP contribution in [-0.4, -0.2) is 15.0 Å². The van der Waals surface area contributed by atoms with Crippen LogP contribution in [0.1, 0.15) is 22.3 Å². The van der Waals surface area contributed by atoms with Crippen molar-refractivity contribution in [2.75, 3.05) is 0 Å². The summed E-state index contributed by atoms with van der Waals surface area (Å²) in [5.74, 6) is 1.96. The Bertz CT molecular complexity index is 2190. The highest BCUT2D eigenvalue weighted by atomic mass is 79.9. The van der Waals surface area contributed by atoms with Gasteiger partial charge in [0.2, 0.25) is 0 Å². The van der Waals surface area contributed by atoms with E-state index in [0.717, 1.165) is 25.6 Å². The van der Waals surface area contributed by atoms with E-state index in [1.807, 2.05) is 60.7 Å². The molecule has 1 aromatic heterocycles. The minimum absolute atomic E-state index is 0.488. The Kier molecular flexibility index (Phi) is 6.02. The van der Waals surface area contributed by atoms with Crippen molar-refractivity contribution in [2.24, 2.45) is 0 Å². The molecule has 0 N–H and O–H groups in total. The number of rotatable bonds is 3. The van der Waals surface area contributed by atoms with Crippen molar-refractivity contribution in [3.63, 3.8) is 0 Å². The Labute approximate surface area is 278 Å². The Morgan fingerprint density at radius 1 is 0.356 bits per heavy atom. The van der Waals surface area contributed by atoms with Crippen LogP contribution in [0.5, 0.6) is 0 Å². The standard InChI is InChI=1S/C40H23Br2N3/c41-27-16-19-31-32-20-17-28(42)23-36(32)40(35(31)22-27)33-14-8-7-13-29(33)30-18-15-26(21-34(30)40)39-44-37(24-9-3-1-4-10-24)43-38(45-39)25-11-5-2-6-12-25/h1-23H. The summed E-state index contributed by atoms with van der Waals surface area (Å²) in [7, 11) is 0. The third-order valence-corrected chi connectivity index (χ3v) is 10.1. The third kappa shape index (κ3) is 3.97. The van der Waals surface area contributed by atoms with Crippen LogP contribution in [0, 0.1) is 0 Å². The number of fused-ring (bicyclic) bond motifs is 10. The first-order valence-electron chi connectivity index (χ1n) is 14.8. The molecule has 1 heterocycles. The SMILES string of the molecule is Brc1ccc2c(c1)C1(c3ccccc3-c3ccc(-c4nc(-c5ccccc5)nc(-c5ccccc5)n4)cc31)c1cc(Br)ccc1-2. The van der Waals surface area contributed by atoms with E-state index in [1.165, 1.54) is 44.5 Å². The van der Waals surface area contributed by atoms with Gasteiger partial charge in [0.25, 0.3) is 0 Å². The topological polar surface area (TPSA) is 38.7 Å². The normalized spacial score (nSPS) is 13.3. The van der Waals surface area contributed by atoms with Crippen molar-refractivity contribution in [2.45, 2.75) is 5.41 Å². The van der Waals surface area contributed by atoms with Crippen molar-refractivity contribution >= 4 is 31.9 Å². The maximum absolute atomic E-state index is 5.07. The number of hydrogen-bond donors (Lipinski definition) is 0. The highest BCUT2D eigenvalue weighted by molar-refractivity contribution is 9.10. The molecule has 0 atom stereocenters. The van der Waals surface area contributed by atoms with Crippen LogP contribution >= 0.6 is 31.9 Å². The van der Waals surface area contributed by atoms with Crippen LogP contribution in [0.3, 0.4) is 0 Å². The minimum Gasteiger partial charge on any atom is -0.208 e. The molecule has 0 radical (unpaired) electrons. The zero-order valence-electron chi connectivity index (χ0n) is 23.9. The third-order valence-electron chi connectivity index (χ3n) is 9.06. The molecule has 0 unspecified atom stereocenters. The lowest BCUT2D eigenvalue weighted by atomic mass is 9.70. The summed E-state index contributed by atoms with van der Waals surface area (Å²) in [6.07, 6.45) is 0. The van der Waals surface area contributed by atoms with Crippen molar-refractivity contribution < 1.29 is 0 Å². The number of halogens is 2.